The average Bonchev–Trinajstić information content (AvgIpc) is 3.98. The number of imidazole rings is 1. The fourth-order valence-electron chi connectivity index (χ4n) is 8.59. The fourth-order valence-corrected chi connectivity index (χ4v) is 8.59. The summed E-state index contributed by atoms with van der Waals surface area (Å²) in [5.41, 5.74) is 2.72. The van der Waals surface area contributed by atoms with Crippen molar-refractivity contribution in [3.8, 4) is 11.5 Å². The van der Waals surface area contributed by atoms with Gasteiger partial charge in [0.15, 0.2) is 5.82 Å². The third-order valence-electron chi connectivity index (χ3n) is 12.4. The van der Waals surface area contributed by atoms with Crippen LogP contribution in [0.2, 0.25) is 0 Å². The molecule has 2 saturated heterocycles. The minimum atomic E-state index is -1.27. The molecule has 2 fully saturated rings. The Labute approximate surface area is 338 Å². The van der Waals surface area contributed by atoms with E-state index in [4.69, 9.17) is 4.98 Å². The molecule has 0 bridgehead atoms. The predicted octanol–water partition coefficient (Wildman–Crippen LogP) is 6.72. The summed E-state index contributed by atoms with van der Waals surface area (Å²) in [4.78, 5) is 65.9. The lowest BCUT2D eigenvalue weighted by atomic mass is 9.94. The Hall–Kier alpha value is -4.72. The van der Waals surface area contributed by atoms with Gasteiger partial charge in [0.05, 0.1) is 29.3 Å². The molecule has 2 aromatic heterocycles. The number of benzene rings is 2. The summed E-state index contributed by atoms with van der Waals surface area (Å²) in [5, 5.41) is 6.61. The summed E-state index contributed by atoms with van der Waals surface area (Å²) < 4.78 is 46.9. The highest BCUT2D eigenvalue weighted by atomic mass is 19.1. The van der Waals surface area contributed by atoms with Crippen LogP contribution in [0.3, 0.4) is 0 Å². The molecule has 2 aromatic carbocycles. The Morgan fingerprint density at radius 3 is 2.36 bits per heavy atom. The molecule has 314 valence electrons. The van der Waals surface area contributed by atoms with Gasteiger partial charge < -0.3 is 30.0 Å². The second-order valence-corrected chi connectivity index (χ2v) is 16.7. The third-order valence-corrected chi connectivity index (χ3v) is 12.4. The summed E-state index contributed by atoms with van der Waals surface area (Å²) in [6, 6.07) is 6.77. The summed E-state index contributed by atoms with van der Waals surface area (Å²) in [6.07, 6.45) is 1.57. The molecule has 6 rings (SSSR count). The zero-order chi connectivity index (χ0) is 42.0. The largest absolute Gasteiger partial charge is 0.352 e. The maximum atomic E-state index is 15.4. The van der Waals surface area contributed by atoms with Gasteiger partial charge in [-0.3, -0.25) is 19.2 Å². The fraction of sp³-hybridized carbons (Fsp3) is 0.568. The second kappa shape index (κ2) is 18.0. The Morgan fingerprint density at radius 1 is 0.948 bits per heavy atom. The predicted molar refractivity (Wildman–Crippen MR) is 219 cm³/mol. The highest BCUT2D eigenvalue weighted by Crippen LogP contribution is 2.37. The number of H-pyrrole nitrogens is 1. The van der Waals surface area contributed by atoms with E-state index in [0.717, 1.165) is 6.42 Å². The van der Waals surface area contributed by atoms with Crippen LogP contribution in [0, 0.1) is 29.4 Å². The van der Waals surface area contributed by atoms with Gasteiger partial charge in [-0.25, -0.2) is 18.2 Å². The lowest BCUT2D eigenvalue weighted by Crippen LogP contribution is -2.53. The van der Waals surface area contributed by atoms with Gasteiger partial charge in [0, 0.05) is 66.8 Å². The summed E-state index contributed by atoms with van der Waals surface area (Å²) in [5.74, 6) is -2.19. The van der Waals surface area contributed by atoms with Crippen molar-refractivity contribution in [1.29, 1.82) is 0 Å². The van der Waals surface area contributed by atoms with Crippen molar-refractivity contribution in [3.63, 3.8) is 0 Å². The van der Waals surface area contributed by atoms with E-state index in [0.29, 0.717) is 71.4 Å². The first-order valence-electron chi connectivity index (χ1n) is 20.9. The van der Waals surface area contributed by atoms with Crippen LogP contribution >= 0.6 is 0 Å². The SMILES string of the molecule is CC[C@H](CC(=O)[C@H](C)NC)C(=O)N1C[C@@H](F)C[C@H]1Cc1c(-c2nc3cc(F)ccc3n2C[C@@H]2CCCN2C(=O)[C@@H](NC(=O)[C@H](C)CC)C(C)C)[nH]c2cc(F)ccc12. The molecule has 4 aromatic rings. The molecule has 0 aliphatic carbocycles. The molecule has 7 atom stereocenters. The average molecular weight is 806 g/mol. The van der Waals surface area contributed by atoms with Gasteiger partial charge in [0.2, 0.25) is 17.7 Å². The first-order chi connectivity index (χ1) is 27.6. The highest BCUT2D eigenvalue weighted by molar-refractivity contribution is 5.93. The van der Waals surface area contributed by atoms with E-state index in [1.807, 2.05) is 44.1 Å². The Kier molecular flexibility index (Phi) is 13.3. The van der Waals surface area contributed by atoms with Crippen molar-refractivity contribution in [2.45, 2.75) is 123 Å². The smallest absolute Gasteiger partial charge is 0.245 e. The van der Waals surface area contributed by atoms with Crippen LogP contribution in [-0.2, 0) is 32.1 Å². The molecule has 58 heavy (non-hydrogen) atoms. The van der Waals surface area contributed by atoms with Gasteiger partial charge in [0.25, 0.3) is 0 Å². The quantitative estimate of drug-likeness (QED) is 0.115. The number of aromatic nitrogens is 3. The first kappa shape index (κ1) is 42.9. The number of amides is 3. The molecule has 4 heterocycles. The number of halogens is 3. The van der Waals surface area contributed by atoms with Crippen molar-refractivity contribution in [3.05, 3.63) is 53.6 Å². The number of alkyl halides is 1. The molecule has 11 nitrogen and oxygen atoms in total. The number of hydrogen-bond donors (Lipinski definition) is 3. The van der Waals surface area contributed by atoms with Crippen molar-refractivity contribution in [2.24, 2.45) is 17.8 Å². The van der Waals surface area contributed by atoms with Crippen LogP contribution in [0.1, 0.15) is 85.6 Å². The summed E-state index contributed by atoms with van der Waals surface area (Å²) in [7, 11) is 1.69. The maximum Gasteiger partial charge on any atom is 0.245 e. The molecule has 14 heteroatoms. The van der Waals surface area contributed by atoms with Gasteiger partial charge in [-0.05, 0) is 87.9 Å². The number of carbonyl (C=O) groups excluding carboxylic acids is 4. The van der Waals surface area contributed by atoms with Gasteiger partial charge in [-0.1, -0.05) is 34.6 Å². The van der Waals surface area contributed by atoms with Crippen molar-refractivity contribution in [2.75, 3.05) is 20.1 Å². The Balaban J connectivity index is 1.39. The number of hydrogen-bond acceptors (Lipinski definition) is 6. The molecule has 2 aliphatic rings. The molecular weight excluding hydrogens is 748 g/mol. The number of Topliss-reactive ketones (excluding diaryl/α,β-unsaturated/α-hetero) is 1. The van der Waals surface area contributed by atoms with Gasteiger partial charge >= 0.3 is 0 Å². The number of aromatic amines is 1. The zero-order valence-corrected chi connectivity index (χ0v) is 34.7. The highest BCUT2D eigenvalue weighted by Gasteiger charge is 2.40. The number of carbonyl (C=O) groups is 4. The van der Waals surface area contributed by atoms with E-state index < -0.39 is 41.8 Å². The number of nitrogens with zero attached hydrogens (tertiary/aromatic N) is 4. The van der Waals surface area contributed by atoms with Crippen molar-refractivity contribution >= 4 is 45.4 Å². The molecule has 0 spiro atoms. The van der Waals surface area contributed by atoms with E-state index in [2.05, 4.69) is 15.6 Å². The topological polar surface area (TPSA) is 132 Å². The molecular formula is C44H58F3N7O4. The minimum Gasteiger partial charge on any atom is -0.352 e. The molecule has 3 amide bonds. The standard InChI is InChI=1S/C44H58F3N7O4/c1-8-25(5)42(56)51-39(24(3)4)44(58)52-16-10-11-31(52)23-54-37-15-13-29(46)20-36(37)50-41(54)40-34(33-14-12-28(45)19-35(33)49-40)21-32-18-30(47)22-53(32)43(57)27(9-2)17-38(55)26(6)48-7/h12-15,19-20,24-27,30-32,39,48-49H,8-11,16-18,21-23H2,1-7H3,(H,51,56)/t25-,26+,27-,30+,31+,32+,39+/m1/s1. The van der Waals surface area contributed by atoms with E-state index in [9.17, 15) is 28.0 Å². The van der Waals surface area contributed by atoms with Crippen LogP contribution < -0.4 is 10.6 Å². The molecule has 3 N–H and O–H groups in total. The Bertz CT molecular complexity index is 2150. The Morgan fingerprint density at radius 2 is 1.67 bits per heavy atom. The zero-order valence-electron chi connectivity index (χ0n) is 34.7. The minimum absolute atomic E-state index is 0.0402. The first-order valence-corrected chi connectivity index (χ1v) is 20.9. The lowest BCUT2D eigenvalue weighted by Gasteiger charge is -2.32. The van der Waals surface area contributed by atoms with Crippen LogP contribution in [0.5, 0.6) is 0 Å². The van der Waals surface area contributed by atoms with Crippen molar-refractivity contribution < 1.29 is 32.3 Å². The van der Waals surface area contributed by atoms with Crippen molar-refractivity contribution in [1.82, 2.24) is 35.0 Å². The van der Waals surface area contributed by atoms with E-state index in [-0.39, 0.29) is 67.2 Å². The van der Waals surface area contributed by atoms with Gasteiger partial charge in [0.1, 0.15) is 29.6 Å². The monoisotopic (exact) mass is 805 g/mol. The number of likely N-dealkylation sites (tertiary alicyclic amines) is 2. The number of nitrogens with one attached hydrogen (secondary N) is 3. The third kappa shape index (κ3) is 8.81. The lowest BCUT2D eigenvalue weighted by molar-refractivity contribution is -0.139. The number of likely N-dealkylation sites (N-methyl/N-ethyl adjacent to an activating group) is 1. The van der Waals surface area contributed by atoms with Crippen LogP contribution in [0.25, 0.3) is 33.5 Å². The number of ketones is 1. The van der Waals surface area contributed by atoms with Gasteiger partial charge in [-0.15, -0.1) is 0 Å². The van der Waals surface area contributed by atoms with E-state index in [1.54, 1.807) is 31.0 Å². The normalized spacial score (nSPS) is 20.6. The summed E-state index contributed by atoms with van der Waals surface area (Å²) >= 11 is 0. The summed E-state index contributed by atoms with van der Waals surface area (Å²) in [6.45, 7) is 11.9. The van der Waals surface area contributed by atoms with Gasteiger partial charge in [-0.2, -0.15) is 0 Å². The van der Waals surface area contributed by atoms with E-state index in [1.165, 1.54) is 24.3 Å². The molecule has 0 unspecified atom stereocenters. The van der Waals surface area contributed by atoms with Crippen LogP contribution in [0.4, 0.5) is 13.2 Å². The number of rotatable bonds is 16. The van der Waals surface area contributed by atoms with Crippen LogP contribution in [-0.4, -0.2) is 98.3 Å². The number of fused-ring (bicyclic) bond motifs is 2. The molecule has 0 radical (unpaired) electrons. The molecule has 2 aliphatic heterocycles. The second-order valence-electron chi connectivity index (χ2n) is 16.7. The van der Waals surface area contributed by atoms with E-state index >= 15 is 4.39 Å². The van der Waals surface area contributed by atoms with Crippen LogP contribution in [0.15, 0.2) is 36.4 Å². The maximum absolute atomic E-state index is 15.4. The molecule has 0 saturated carbocycles.